The maximum atomic E-state index is 12.4. The molecule has 0 atom stereocenters. The summed E-state index contributed by atoms with van der Waals surface area (Å²) in [5.41, 5.74) is -0.183. The van der Waals surface area contributed by atoms with E-state index in [0.717, 1.165) is 38.8 Å². The molecule has 1 rings (SSSR count). The third-order valence-electron chi connectivity index (χ3n) is 3.80. The number of ketones is 1. The summed E-state index contributed by atoms with van der Waals surface area (Å²) < 4.78 is 22.1. The van der Waals surface area contributed by atoms with E-state index in [1.54, 1.807) is 0 Å². The van der Waals surface area contributed by atoms with Crippen LogP contribution in [0.1, 0.15) is 45.4 Å². The summed E-state index contributed by atoms with van der Waals surface area (Å²) in [6.45, 7) is 3.91. The number of carbonyl (C=O) groups is 1. The third kappa shape index (κ3) is 4.69. The quantitative estimate of drug-likeness (QED) is 0.765. The van der Waals surface area contributed by atoms with Gasteiger partial charge in [0.15, 0.2) is 0 Å². The molecule has 1 N–H and O–H groups in total. The van der Waals surface area contributed by atoms with Gasteiger partial charge in [-0.3, -0.25) is 4.79 Å². The van der Waals surface area contributed by atoms with Gasteiger partial charge in [0.2, 0.25) is 0 Å². The number of rotatable bonds is 7. The molecule has 18 heavy (non-hydrogen) atoms. The lowest BCUT2D eigenvalue weighted by atomic mass is 9.71. The summed E-state index contributed by atoms with van der Waals surface area (Å²) in [4.78, 5) is 12.4. The number of hydrogen-bond donors (Lipinski definition) is 1. The van der Waals surface area contributed by atoms with Gasteiger partial charge in [-0.15, -0.1) is 0 Å². The molecule has 0 spiro atoms. The lowest BCUT2D eigenvalue weighted by Crippen LogP contribution is -2.42. The molecular weight excluding hydrogens is 250 g/mol. The van der Waals surface area contributed by atoms with Crippen molar-refractivity contribution < 1.29 is 13.2 Å². The van der Waals surface area contributed by atoms with Crippen molar-refractivity contribution in [1.29, 1.82) is 0 Å². The summed E-state index contributed by atoms with van der Waals surface area (Å²) >= 11 is 0. The van der Waals surface area contributed by atoms with Crippen molar-refractivity contribution in [3.63, 3.8) is 0 Å². The SMILES string of the molecule is CCCC1(C(=O)CCCS(C)(=O)=O)CCNCC1. The number of carbonyl (C=O) groups excluding carboxylic acids is 1. The molecule has 0 saturated carbocycles. The van der Waals surface area contributed by atoms with Gasteiger partial charge in [0, 0.05) is 18.1 Å². The molecule has 0 amide bonds. The average Bonchev–Trinajstić information content (AvgIpc) is 2.29. The van der Waals surface area contributed by atoms with Gasteiger partial charge in [0.1, 0.15) is 15.6 Å². The minimum Gasteiger partial charge on any atom is -0.317 e. The second-order valence-corrected chi connectivity index (χ2v) is 7.70. The van der Waals surface area contributed by atoms with E-state index in [9.17, 15) is 13.2 Å². The first-order valence-corrected chi connectivity index (χ1v) is 8.87. The van der Waals surface area contributed by atoms with Crippen LogP contribution in [0.5, 0.6) is 0 Å². The Morgan fingerprint density at radius 2 is 1.89 bits per heavy atom. The van der Waals surface area contributed by atoms with Crippen molar-refractivity contribution in [2.75, 3.05) is 25.1 Å². The number of Topliss-reactive ketones (excluding diaryl/α,β-unsaturated/α-hetero) is 1. The van der Waals surface area contributed by atoms with Crippen LogP contribution < -0.4 is 5.32 Å². The summed E-state index contributed by atoms with van der Waals surface area (Å²) in [6, 6.07) is 0. The fourth-order valence-corrected chi connectivity index (χ4v) is 3.48. The molecule has 4 nitrogen and oxygen atoms in total. The van der Waals surface area contributed by atoms with Crippen LogP contribution in [-0.2, 0) is 14.6 Å². The predicted molar refractivity (Wildman–Crippen MR) is 73.4 cm³/mol. The van der Waals surface area contributed by atoms with Crippen LogP contribution in [0, 0.1) is 5.41 Å². The van der Waals surface area contributed by atoms with Crippen LogP contribution in [0.15, 0.2) is 0 Å². The molecule has 0 radical (unpaired) electrons. The van der Waals surface area contributed by atoms with Crippen molar-refractivity contribution in [3.8, 4) is 0 Å². The van der Waals surface area contributed by atoms with E-state index in [2.05, 4.69) is 12.2 Å². The normalized spacial score (nSPS) is 19.7. The van der Waals surface area contributed by atoms with Gasteiger partial charge >= 0.3 is 0 Å². The first-order chi connectivity index (χ1) is 8.40. The first kappa shape index (κ1) is 15.6. The molecule has 0 aromatic heterocycles. The molecule has 1 fully saturated rings. The predicted octanol–water partition coefficient (Wildman–Crippen LogP) is 1.55. The molecule has 0 aromatic rings. The van der Waals surface area contributed by atoms with Crippen molar-refractivity contribution in [2.45, 2.75) is 45.4 Å². The molecule has 0 bridgehead atoms. The second-order valence-electron chi connectivity index (χ2n) is 5.44. The summed E-state index contributed by atoms with van der Waals surface area (Å²) in [7, 11) is -2.95. The van der Waals surface area contributed by atoms with Crippen LogP contribution >= 0.6 is 0 Å². The maximum absolute atomic E-state index is 12.4. The Morgan fingerprint density at radius 1 is 1.28 bits per heavy atom. The molecule has 106 valence electrons. The van der Waals surface area contributed by atoms with E-state index in [-0.39, 0.29) is 17.0 Å². The molecular formula is C13H25NO3S. The fourth-order valence-electron chi connectivity index (χ4n) is 2.81. The first-order valence-electron chi connectivity index (χ1n) is 6.81. The Kier molecular flexibility index (Phi) is 5.79. The van der Waals surface area contributed by atoms with Gasteiger partial charge in [-0.1, -0.05) is 13.3 Å². The Bertz CT molecular complexity index is 364. The van der Waals surface area contributed by atoms with Crippen molar-refractivity contribution >= 4 is 15.6 Å². The Balaban J connectivity index is 2.54. The standard InChI is InChI=1S/C13H25NO3S/c1-3-6-13(7-9-14-10-8-13)12(15)5-4-11-18(2,16)17/h14H,3-11H2,1-2H3. The molecule has 5 heteroatoms. The van der Waals surface area contributed by atoms with Crippen molar-refractivity contribution in [2.24, 2.45) is 5.41 Å². The van der Waals surface area contributed by atoms with E-state index in [1.807, 2.05) is 0 Å². The zero-order valence-electron chi connectivity index (χ0n) is 11.5. The van der Waals surface area contributed by atoms with Gasteiger partial charge in [0.05, 0.1) is 5.75 Å². The molecule has 1 aliphatic rings. The van der Waals surface area contributed by atoms with Gasteiger partial charge in [-0.25, -0.2) is 8.42 Å². The largest absolute Gasteiger partial charge is 0.317 e. The second kappa shape index (κ2) is 6.66. The summed E-state index contributed by atoms with van der Waals surface area (Å²) in [6.07, 6.45) is 5.86. The Morgan fingerprint density at radius 3 is 2.39 bits per heavy atom. The minimum absolute atomic E-state index is 0.124. The Hall–Kier alpha value is -0.420. The van der Waals surface area contributed by atoms with E-state index in [1.165, 1.54) is 6.26 Å². The van der Waals surface area contributed by atoms with Gasteiger partial charge in [-0.2, -0.15) is 0 Å². The molecule has 1 aliphatic heterocycles. The Labute approximate surface area is 110 Å². The van der Waals surface area contributed by atoms with Crippen LogP contribution in [-0.4, -0.2) is 39.3 Å². The number of sulfone groups is 1. The number of hydrogen-bond acceptors (Lipinski definition) is 4. The van der Waals surface area contributed by atoms with Crippen molar-refractivity contribution in [1.82, 2.24) is 5.32 Å². The fraction of sp³-hybridized carbons (Fsp3) is 0.923. The minimum atomic E-state index is -2.95. The van der Waals surface area contributed by atoms with Crippen LogP contribution in [0.2, 0.25) is 0 Å². The highest BCUT2D eigenvalue weighted by Gasteiger charge is 2.37. The van der Waals surface area contributed by atoms with Gasteiger partial charge in [0.25, 0.3) is 0 Å². The highest BCUT2D eigenvalue weighted by atomic mass is 32.2. The van der Waals surface area contributed by atoms with E-state index in [4.69, 9.17) is 0 Å². The van der Waals surface area contributed by atoms with Crippen LogP contribution in [0.3, 0.4) is 0 Å². The summed E-state index contributed by atoms with van der Waals surface area (Å²) in [5, 5.41) is 3.29. The zero-order chi connectivity index (χ0) is 13.6. The number of nitrogens with one attached hydrogen (secondary N) is 1. The molecule has 0 aliphatic carbocycles. The highest BCUT2D eigenvalue weighted by molar-refractivity contribution is 7.90. The molecule has 1 heterocycles. The monoisotopic (exact) mass is 275 g/mol. The topological polar surface area (TPSA) is 63.2 Å². The summed E-state index contributed by atoms with van der Waals surface area (Å²) in [5.74, 6) is 0.397. The van der Waals surface area contributed by atoms with Crippen LogP contribution in [0.4, 0.5) is 0 Å². The van der Waals surface area contributed by atoms with E-state index < -0.39 is 9.84 Å². The van der Waals surface area contributed by atoms with Gasteiger partial charge in [-0.05, 0) is 38.8 Å². The van der Waals surface area contributed by atoms with Crippen LogP contribution in [0.25, 0.3) is 0 Å². The van der Waals surface area contributed by atoms with E-state index in [0.29, 0.717) is 12.8 Å². The van der Waals surface area contributed by atoms with Crippen molar-refractivity contribution in [3.05, 3.63) is 0 Å². The highest BCUT2D eigenvalue weighted by Crippen LogP contribution is 2.36. The molecule has 0 unspecified atom stereocenters. The zero-order valence-corrected chi connectivity index (χ0v) is 12.3. The van der Waals surface area contributed by atoms with E-state index >= 15 is 0 Å². The smallest absolute Gasteiger partial charge is 0.147 e. The third-order valence-corrected chi connectivity index (χ3v) is 4.83. The molecule has 1 saturated heterocycles. The number of piperidine rings is 1. The average molecular weight is 275 g/mol. The lowest BCUT2D eigenvalue weighted by Gasteiger charge is -2.36. The van der Waals surface area contributed by atoms with Gasteiger partial charge < -0.3 is 5.32 Å². The maximum Gasteiger partial charge on any atom is 0.147 e. The molecule has 0 aromatic carbocycles. The lowest BCUT2D eigenvalue weighted by molar-refractivity contribution is -0.130.